The molecule has 0 aliphatic heterocycles. The van der Waals surface area contributed by atoms with Gasteiger partial charge in [0, 0.05) is 19.9 Å². The summed E-state index contributed by atoms with van der Waals surface area (Å²) in [7, 11) is 1.49. The van der Waals surface area contributed by atoms with E-state index in [1.807, 2.05) is 6.07 Å². The van der Waals surface area contributed by atoms with Crippen molar-refractivity contribution in [1.29, 1.82) is 0 Å². The van der Waals surface area contributed by atoms with Crippen molar-refractivity contribution >= 4 is 17.0 Å². The van der Waals surface area contributed by atoms with Crippen molar-refractivity contribution in [1.82, 2.24) is 19.5 Å². The zero-order chi connectivity index (χ0) is 18.5. The van der Waals surface area contributed by atoms with Crippen LogP contribution in [-0.4, -0.2) is 39.8 Å². The average molecular weight is 359 g/mol. The Kier molecular flexibility index (Phi) is 5.37. The first kappa shape index (κ1) is 17.7. The number of fused-ring (bicyclic) bond motifs is 1. The molecule has 0 aliphatic rings. The van der Waals surface area contributed by atoms with Crippen LogP contribution in [0.25, 0.3) is 11.0 Å². The van der Waals surface area contributed by atoms with Crippen LogP contribution >= 0.6 is 0 Å². The number of ether oxygens (including phenoxy) is 1. The summed E-state index contributed by atoms with van der Waals surface area (Å²) in [5.41, 5.74) is -0.0132. The number of rotatable bonds is 7. The normalized spacial score (nSPS) is 11.0. The predicted octanol–water partition coefficient (Wildman–Crippen LogP) is 0.920. The summed E-state index contributed by atoms with van der Waals surface area (Å²) < 4.78 is 19.1. The molecule has 0 aliphatic carbocycles. The van der Waals surface area contributed by atoms with E-state index >= 15 is 0 Å². The monoisotopic (exact) mass is 359 g/mol. The lowest BCUT2D eigenvalue weighted by Crippen LogP contribution is -2.36. The summed E-state index contributed by atoms with van der Waals surface area (Å²) in [6, 6.07) is 6.32. The summed E-state index contributed by atoms with van der Waals surface area (Å²) >= 11 is 0. The second-order valence-corrected chi connectivity index (χ2v) is 5.64. The predicted molar refractivity (Wildman–Crippen MR) is 94.9 cm³/mol. The molecule has 0 saturated heterocycles. The summed E-state index contributed by atoms with van der Waals surface area (Å²) in [6.07, 6.45) is 1.95. The lowest BCUT2D eigenvalue weighted by Gasteiger charge is -2.07. The van der Waals surface area contributed by atoms with Gasteiger partial charge in [0.2, 0.25) is 5.95 Å². The zero-order valence-electron chi connectivity index (χ0n) is 14.2. The van der Waals surface area contributed by atoms with Gasteiger partial charge in [-0.3, -0.25) is 14.3 Å². The number of hydrogen-bond acceptors (Lipinski definition) is 6. The smallest absolute Gasteiger partial charge is 0.330 e. The molecule has 2 aromatic heterocycles. The molecular formula is C17H18FN5O3. The first-order valence-corrected chi connectivity index (χ1v) is 8.05. The molecule has 0 saturated carbocycles. The minimum Gasteiger partial charge on any atom is -0.383 e. The second kappa shape index (κ2) is 7.87. The molecular weight excluding hydrogens is 341 g/mol. The van der Waals surface area contributed by atoms with Crippen LogP contribution < -0.4 is 16.6 Å². The number of hydrogen-bond donors (Lipinski definition) is 2. The Labute approximate surface area is 147 Å². The maximum absolute atomic E-state index is 13.2. The van der Waals surface area contributed by atoms with Gasteiger partial charge in [-0.15, -0.1) is 0 Å². The Balaban J connectivity index is 1.77. The number of halogens is 1. The van der Waals surface area contributed by atoms with E-state index in [0.29, 0.717) is 13.0 Å². The van der Waals surface area contributed by atoms with E-state index < -0.39 is 11.2 Å². The Morgan fingerprint density at radius 3 is 2.96 bits per heavy atom. The molecule has 3 rings (SSSR count). The van der Waals surface area contributed by atoms with Gasteiger partial charge in [0.05, 0.1) is 13.2 Å². The van der Waals surface area contributed by atoms with Crippen molar-refractivity contribution in [2.75, 3.05) is 25.6 Å². The molecule has 9 heteroatoms. The van der Waals surface area contributed by atoms with Crippen LogP contribution in [0.4, 0.5) is 10.3 Å². The van der Waals surface area contributed by atoms with E-state index in [4.69, 9.17) is 4.74 Å². The minimum absolute atomic E-state index is 0.147. The Bertz CT molecular complexity index is 1030. The molecule has 26 heavy (non-hydrogen) atoms. The fourth-order valence-electron chi connectivity index (χ4n) is 2.52. The minimum atomic E-state index is -0.552. The number of nitrogens with zero attached hydrogens (tertiary/aromatic N) is 3. The lowest BCUT2D eigenvalue weighted by molar-refractivity contribution is 0.185. The highest BCUT2D eigenvalue weighted by molar-refractivity contribution is 5.73. The number of H-pyrrole nitrogens is 1. The van der Waals surface area contributed by atoms with Crippen molar-refractivity contribution in [2.45, 2.75) is 13.0 Å². The molecule has 136 valence electrons. The molecule has 1 aromatic carbocycles. The number of aromatic nitrogens is 4. The van der Waals surface area contributed by atoms with E-state index in [2.05, 4.69) is 20.3 Å². The number of aromatic amines is 1. The van der Waals surface area contributed by atoms with Crippen molar-refractivity contribution < 1.29 is 9.13 Å². The van der Waals surface area contributed by atoms with Crippen molar-refractivity contribution in [3.63, 3.8) is 0 Å². The van der Waals surface area contributed by atoms with Gasteiger partial charge in [-0.25, -0.2) is 14.2 Å². The van der Waals surface area contributed by atoms with Crippen LogP contribution in [0.5, 0.6) is 0 Å². The largest absolute Gasteiger partial charge is 0.383 e. The topological polar surface area (TPSA) is 102 Å². The molecule has 2 N–H and O–H groups in total. The zero-order valence-corrected chi connectivity index (χ0v) is 14.2. The van der Waals surface area contributed by atoms with Gasteiger partial charge < -0.3 is 10.1 Å². The summed E-state index contributed by atoms with van der Waals surface area (Å²) in [5.74, 6) is -0.00891. The highest BCUT2D eigenvalue weighted by atomic mass is 19.1. The molecule has 0 amide bonds. The quantitative estimate of drug-likeness (QED) is 0.650. The van der Waals surface area contributed by atoms with Gasteiger partial charge in [-0.05, 0) is 24.1 Å². The highest BCUT2D eigenvalue weighted by Crippen LogP contribution is 2.07. The number of nitrogens with one attached hydrogen (secondary N) is 2. The van der Waals surface area contributed by atoms with E-state index in [0.717, 1.165) is 10.1 Å². The van der Waals surface area contributed by atoms with Crippen LogP contribution in [0, 0.1) is 5.82 Å². The standard InChI is InChI=1S/C17H18FN5O3/c1-26-8-7-23-15(24)13-10-20-16(21-14(13)22-17(23)25)19-6-5-11-3-2-4-12(18)9-11/h2-4,9-10H,5-8H2,1H3,(H2,19,20,21,22,25). The summed E-state index contributed by atoms with van der Waals surface area (Å²) in [5, 5.41) is 3.22. The van der Waals surface area contributed by atoms with Crippen LogP contribution in [0.3, 0.4) is 0 Å². The molecule has 0 bridgehead atoms. The third-order valence-electron chi connectivity index (χ3n) is 3.84. The van der Waals surface area contributed by atoms with Crippen molar-refractivity contribution in [2.24, 2.45) is 0 Å². The SMILES string of the molecule is COCCn1c(=O)[nH]c2nc(NCCc3cccc(F)c3)ncc2c1=O. The fourth-order valence-corrected chi connectivity index (χ4v) is 2.52. The molecule has 0 spiro atoms. The first-order valence-electron chi connectivity index (χ1n) is 8.05. The maximum atomic E-state index is 13.2. The molecule has 3 aromatic rings. The Morgan fingerprint density at radius 1 is 1.35 bits per heavy atom. The van der Waals surface area contributed by atoms with Gasteiger partial charge in [0.1, 0.15) is 11.2 Å². The van der Waals surface area contributed by atoms with Crippen LogP contribution in [0.15, 0.2) is 40.1 Å². The van der Waals surface area contributed by atoms with E-state index in [9.17, 15) is 14.0 Å². The highest BCUT2D eigenvalue weighted by Gasteiger charge is 2.10. The maximum Gasteiger partial charge on any atom is 0.330 e. The van der Waals surface area contributed by atoms with Gasteiger partial charge in [-0.1, -0.05) is 12.1 Å². The van der Waals surface area contributed by atoms with Crippen molar-refractivity contribution in [3.8, 4) is 0 Å². The average Bonchev–Trinajstić information content (AvgIpc) is 2.61. The van der Waals surface area contributed by atoms with Gasteiger partial charge in [-0.2, -0.15) is 4.98 Å². The Morgan fingerprint density at radius 2 is 2.19 bits per heavy atom. The Hall–Kier alpha value is -3.07. The molecule has 8 nitrogen and oxygen atoms in total. The number of benzene rings is 1. The van der Waals surface area contributed by atoms with E-state index in [1.165, 1.54) is 25.4 Å². The molecule has 0 unspecified atom stereocenters. The molecule has 0 atom stereocenters. The summed E-state index contributed by atoms with van der Waals surface area (Å²) in [6.45, 7) is 0.868. The van der Waals surface area contributed by atoms with Crippen LogP contribution in [-0.2, 0) is 17.7 Å². The van der Waals surface area contributed by atoms with E-state index in [1.54, 1.807) is 6.07 Å². The van der Waals surface area contributed by atoms with Gasteiger partial charge in [0.25, 0.3) is 5.56 Å². The third kappa shape index (κ3) is 3.94. The number of anilines is 1. The fraction of sp³-hybridized carbons (Fsp3) is 0.294. The second-order valence-electron chi connectivity index (χ2n) is 5.64. The van der Waals surface area contributed by atoms with Crippen LogP contribution in [0.1, 0.15) is 5.56 Å². The van der Waals surface area contributed by atoms with Gasteiger partial charge in [0.15, 0.2) is 5.65 Å². The molecule has 0 radical (unpaired) electrons. The molecule has 2 heterocycles. The van der Waals surface area contributed by atoms with Crippen LogP contribution in [0.2, 0.25) is 0 Å². The third-order valence-corrected chi connectivity index (χ3v) is 3.84. The van der Waals surface area contributed by atoms with Crippen molar-refractivity contribution in [3.05, 3.63) is 62.7 Å². The molecule has 0 fully saturated rings. The lowest BCUT2D eigenvalue weighted by atomic mass is 10.1. The van der Waals surface area contributed by atoms with Gasteiger partial charge >= 0.3 is 5.69 Å². The number of methoxy groups -OCH3 is 1. The first-order chi connectivity index (χ1) is 12.6. The van der Waals surface area contributed by atoms with E-state index in [-0.39, 0.29) is 36.0 Å². The summed E-state index contributed by atoms with van der Waals surface area (Å²) in [4.78, 5) is 35.2.